The topological polar surface area (TPSA) is 32.3 Å². The van der Waals surface area contributed by atoms with Gasteiger partial charge in [0.05, 0.1) is 5.57 Å². The summed E-state index contributed by atoms with van der Waals surface area (Å²) in [5.41, 5.74) is 4.68. The van der Waals surface area contributed by atoms with Gasteiger partial charge < -0.3 is 10.2 Å². The average molecular weight is 330 g/mol. The van der Waals surface area contributed by atoms with Gasteiger partial charge in [0.1, 0.15) is 0 Å². The normalized spacial score (nSPS) is 19.0. The molecule has 0 aliphatic carbocycles. The quantitative estimate of drug-likeness (QED) is 0.838. The Kier molecular flexibility index (Phi) is 4.38. The van der Waals surface area contributed by atoms with Gasteiger partial charge in [-0.2, -0.15) is 0 Å². The standard InChI is InChI=1S/C22H22N2O/c25-22-21(19-11-5-6-12-20(19)23-22)18(17-9-3-1-4-10-17)13-16-24-14-7-2-8-15-24/h1,3-6,9-13,16H,2,7-8,14-15H2,(H,23,25)/b16-13+,21-18+. The first-order chi connectivity index (χ1) is 12.3. The van der Waals surface area contributed by atoms with Gasteiger partial charge >= 0.3 is 0 Å². The number of nitrogens with zero attached hydrogens (tertiary/aromatic N) is 1. The molecule has 2 aromatic rings. The van der Waals surface area contributed by atoms with Crippen molar-refractivity contribution in [1.29, 1.82) is 0 Å². The number of piperidine rings is 1. The van der Waals surface area contributed by atoms with Gasteiger partial charge in [0, 0.05) is 24.3 Å². The number of allylic oxidation sites excluding steroid dienone is 2. The summed E-state index contributed by atoms with van der Waals surface area (Å²) in [7, 11) is 0. The fourth-order valence-electron chi connectivity index (χ4n) is 3.57. The van der Waals surface area contributed by atoms with E-state index in [-0.39, 0.29) is 5.91 Å². The number of para-hydroxylation sites is 1. The van der Waals surface area contributed by atoms with Crippen molar-refractivity contribution < 1.29 is 4.79 Å². The maximum absolute atomic E-state index is 12.7. The molecular weight excluding hydrogens is 308 g/mol. The molecule has 2 heterocycles. The summed E-state index contributed by atoms with van der Waals surface area (Å²) < 4.78 is 0. The number of likely N-dealkylation sites (tertiary alicyclic amines) is 1. The third-order valence-electron chi connectivity index (χ3n) is 4.87. The van der Waals surface area contributed by atoms with E-state index in [1.807, 2.05) is 42.5 Å². The maximum Gasteiger partial charge on any atom is 0.256 e. The van der Waals surface area contributed by atoms with Gasteiger partial charge in [0.15, 0.2) is 0 Å². The smallest absolute Gasteiger partial charge is 0.256 e. The van der Waals surface area contributed by atoms with Crippen LogP contribution in [0.1, 0.15) is 30.4 Å². The molecule has 1 fully saturated rings. The first-order valence-electron chi connectivity index (χ1n) is 8.95. The van der Waals surface area contributed by atoms with Crippen LogP contribution in [0.5, 0.6) is 0 Å². The Labute approximate surface area is 148 Å². The first kappa shape index (κ1) is 15.7. The molecule has 4 rings (SSSR count). The van der Waals surface area contributed by atoms with Crippen molar-refractivity contribution in [3.05, 3.63) is 78.0 Å². The minimum atomic E-state index is -0.0247. The second-order valence-electron chi connectivity index (χ2n) is 6.57. The zero-order chi connectivity index (χ0) is 17.1. The number of carbonyl (C=O) groups excluding carboxylic acids is 1. The van der Waals surface area contributed by atoms with Crippen molar-refractivity contribution in [1.82, 2.24) is 4.90 Å². The van der Waals surface area contributed by atoms with Crippen LogP contribution in [0.25, 0.3) is 11.1 Å². The Morgan fingerprint density at radius 2 is 1.64 bits per heavy atom. The molecule has 2 aliphatic rings. The highest BCUT2D eigenvalue weighted by molar-refractivity contribution is 6.37. The van der Waals surface area contributed by atoms with Crippen LogP contribution in [0.4, 0.5) is 5.69 Å². The zero-order valence-corrected chi connectivity index (χ0v) is 14.2. The predicted octanol–water partition coefficient (Wildman–Crippen LogP) is 4.55. The van der Waals surface area contributed by atoms with E-state index in [9.17, 15) is 4.79 Å². The van der Waals surface area contributed by atoms with Gasteiger partial charge in [0.25, 0.3) is 5.91 Å². The lowest BCUT2D eigenvalue weighted by molar-refractivity contribution is -0.110. The molecule has 1 amide bonds. The number of rotatable bonds is 3. The molecule has 0 aromatic heterocycles. The van der Waals surface area contributed by atoms with Crippen LogP contribution >= 0.6 is 0 Å². The Morgan fingerprint density at radius 3 is 2.44 bits per heavy atom. The van der Waals surface area contributed by atoms with E-state index in [0.717, 1.165) is 41.1 Å². The number of amides is 1. The summed E-state index contributed by atoms with van der Waals surface area (Å²) in [5.74, 6) is -0.0247. The first-order valence-corrected chi connectivity index (χ1v) is 8.95. The molecule has 126 valence electrons. The van der Waals surface area contributed by atoms with E-state index < -0.39 is 0 Å². The Morgan fingerprint density at radius 1 is 0.920 bits per heavy atom. The molecule has 2 aromatic carbocycles. The second kappa shape index (κ2) is 6.98. The molecule has 0 unspecified atom stereocenters. The minimum Gasteiger partial charge on any atom is -0.377 e. The Bertz CT molecular complexity index is 830. The van der Waals surface area contributed by atoms with Crippen LogP contribution in [-0.4, -0.2) is 23.9 Å². The Balaban J connectivity index is 1.80. The molecule has 0 saturated carbocycles. The molecule has 2 aliphatic heterocycles. The fourth-order valence-corrected chi connectivity index (χ4v) is 3.57. The summed E-state index contributed by atoms with van der Waals surface area (Å²) in [6.45, 7) is 2.19. The van der Waals surface area contributed by atoms with Crippen LogP contribution < -0.4 is 5.32 Å². The molecule has 1 saturated heterocycles. The molecule has 0 radical (unpaired) electrons. The highest BCUT2D eigenvalue weighted by Crippen LogP contribution is 2.37. The Hall–Kier alpha value is -2.81. The number of benzene rings is 2. The number of anilines is 1. The van der Waals surface area contributed by atoms with Gasteiger partial charge in [-0.3, -0.25) is 4.79 Å². The van der Waals surface area contributed by atoms with Crippen molar-refractivity contribution in [2.24, 2.45) is 0 Å². The predicted molar refractivity (Wildman–Crippen MR) is 103 cm³/mol. The lowest BCUT2D eigenvalue weighted by Crippen LogP contribution is -2.24. The molecule has 0 spiro atoms. The summed E-state index contributed by atoms with van der Waals surface area (Å²) >= 11 is 0. The van der Waals surface area contributed by atoms with E-state index >= 15 is 0 Å². The number of nitrogens with one attached hydrogen (secondary N) is 1. The fraction of sp³-hybridized carbons (Fsp3) is 0.227. The summed E-state index contributed by atoms with van der Waals surface area (Å²) in [6, 6.07) is 18.1. The van der Waals surface area contributed by atoms with E-state index in [1.165, 1.54) is 19.3 Å². The molecule has 25 heavy (non-hydrogen) atoms. The minimum absolute atomic E-state index is 0.0247. The van der Waals surface area contributed by atoms with Crippen molar-refractivity contribution in [2.75, 3.05) is 18.4 Å². The van der Waals surface area contributed by atoms with Gasteiger partial charge in [-0.1, -0.05) is 48.5 Å². The van der Waals surface area contributed by atoms with E-state index in [4.69, 9.17) is 0 Å². The van der Waals surface area contributed by atoms with Crippen molar-refractivity contribution >= 4 is 22.7 Å². The molecule has 0 atom stereocenters. The zero-order valence-electron chi connectivity index (χ0n) is 14.2. The third kappa shape index (κ3) is 3.22. The average Bonchev–Trinajstić information content (AvgIpc) is 3.00. The second-order valence-corrected chi connectivity index (χ2v) is 6.57. The van der Waals surface area contributed by atoms with Crippen LogP contribution in [-0.2, 0) is 4.79 Å². The SMILES string of the molecule is O=C1Nc2ccccc2/C1=C(/C=C/N1CCCCC1)c1ccccc1. The lowest BCUT2D eigenvalue weighted by atomic mass is 9.95. The number of hydrogen-bond donors (Lipinski definition) is 1. The molecule has 3 heteroatoms. The molecule has 3 nitrogen and oxygen atoms in total. The summed E-state index contributed by atoms with van der Waals surface area (Å²) in [6.07, 6.45) is 8.06. The summed E-state index contributed by atoms with van der Waals surface area (Å²) in [4.78, 5) is 15.0. The van der Waals surface area contributed by atoms with Crippen LogP contribution in [0.3, 0.4) is 0 Å². The van der Waals surface area contributed by atoms with Gasteiger partial charge in [-0.15, -0.1) is 0 Å². The van der Waals surface area contributed by atoms with Gasteiger partial charge in [0.2, 0.25) is 0 Å². The lowest BCUT2D eigenvalue weighted by Gasteiger charge is -2.25. The third-order valence-corrected chi connectivity index (χ3v) is 4.87. The van der Waals surface area contributed by atoms with E-state index in [2.05, 4.69) is 34.6 Å². The van der Waals surface area contributed by atoms with Crippen LogP contribution in [0.15, 0.2) is 66.9 Å². The largest absolute Gasteiger partial charge is 0.377 e. The van der Waals surface area contributed by atoms with Crippen molar-refractivity contribution in [3.63, 3.8) is 0 Å². The highest BCUT2D eigenvalue weighted by atomic mass is 16.2. The molecule has 0 bridgehead atoms. The van der Waals surface area contributed by atoms with Gasteiger partial charge in [-0.05, 0) is 48.7 Å². The van der Waals surface area contributed by atoms with Crippen LogP contribution in [0.2, 0.25) is 0 Å². The number of carbonyl (C=O) groups is 1. The van der Waals surface area contributed by atoms with Crippen LogP contribution in [0, 0.1) is 0 Å². The molecule has 1 N–H and O–H groups in total. The van der Waals surface area contributed by atoms with Crippen molar-refractivity contribution in [3.8, 4) is 0 Å². The van der Waals surface area contributed by atoms with E-state index in [0.29, 0.717) is 0 Å². The number of fused-ring (bicyclic) bond motifs is 1. The monoisotopic (exact) mass is 330 g/mol. The maximum atomic E-state index is 12.7. The summed E-state index contributed by atoms with van der Waals surface area (Å²) in [5, 5.41) is 2.99. The van der Waals surface area contributed by atoms with E-state index in [1.54, 1.807) is 0 Å². The number of hydrogen-bond acceptors (Lipinski definition) is 2. The van der Waals surface area contributed by atoms with Gasteiger partial charge in [-0.25, -0.2) is 0 Å². The molecular formula is C22H22N2O. The highest BCUT2D eigenvalue weighted by Gasteiger charge is 2.26. The van der Waals surface area contributed by atoms with Crippen molar-refractivity contribution in [2.45, 2.75) is 19.3 Å².